The van der Waals surface area contributed by atoms with Crippen LogP contribution >= 0.6 is 31.1 Å². The van der Waals surface area contributed by atoms with Crippen LogP contribution in [-0.2, 0) is 16.2 Å². The fraction of sp³-hybridized carbons (Fsp3) is 0. The van der Waals surface area contributed by atoms with Crippen molar-refractivity contribution in [1.29, 1.82) is 0 Å². The van der Waals surface area contributed by atoms with Gasteiger partial charge in [-0.25, -0.2) is 0 Å². The zero-order valence-electron chi connectivity index (χ0n) is 9.10. The molecule has 0 aliphatic carbocycles. The number of hydrogen-bond donors (Lipinski definition) is 0. The van der Waals surface area contributed by atoms with E-state index in [0.717, 1.165) is 0 Å². The molecule has 0 saturated heterocycles. The molecule has 0 unspecified atom stereocenters. The number of halogens is 2. The molecule has 0 aliphatic rings. The van der Waals surface area contributed by atoms with Crippen LogP contribution in [0.1, 0.15) is 0 Å². The van der Waals surface area contributed by atoms with Gasteiger partial charge in [0.2, 0.25) is 0 Å². The van der Waals surface area contributed by atoms with Gasteiger partial charge in [0.15, 0.2) is 0 Å². The first kappa shape index (κ1) is 16.9. The predicted octanol–water partition coefficient (Wildman–Crippen LogP) is 3.39. The van der Waals surface area contributed by atoms with Crippen LogP contribution in [0.5, 0.6) is 0 Å². The summed E-state index contributed by atoms with van der Waals surface area (Å²) in [5.41, 5.74) is 0. The summed E-state index contributed by atoms with van der Waals surface area (Å²) in [6.45, 7) is 0. The van der Waals surface area contributed by atoms with Gasteiger partial charge in [0.05, 0.1) is 0 Å². The predicted molar refractivity (Wildman–Crippen MR) is 80.7 cm³/mol. The van der Waals surface area contributed by atoms with Crippen LogP contribution in [0.4, 0.5) is 0 Å². The summed E-state index contributed by atoms with van der Waals surface area (Å²) in [6.07, 6.45) is -0.170. The van der Waals surface area contributed by atoms with Crippen LogP contribution in [0.25, 0.3) is 0 Å². The van der Waals surface area contributed by atoms with Crippen LogP contribution in [-0.4, -0.2) is 5.11 Å². The van der Waals surface area contributed by atoms with E-state index in [1.807, 2.05) is 0 Å². The molecule has 0 atom stereocenters. The number of hydrogen-bond acceptors (Lipinski definition) is 0. The molecule has 0 fully saturated rings. The Labute approximate surface area is 123 Å². The Morgan fingerprint density at radius 2 is 1.06 bits per heavy atom. The van der Waals surface area contributed by atoms with E-state index in [4.69, 9.17) is 0 Å². The Balaban J connectivity index is 0.00000128. The molecular weight excluding hydrogens is 359 g/mol. The molecule has 4 heteroatoms. The molecule has 93 valence electrons. The maximum absolute atomic E-state index is 4.16. The minimum atomic E-state index is -0.170. The summed E-state index contributed by atoms with van der Waals surface area (Å²) in [5, 5.41) is 7.06. The molecule has 0 aliphatic heterocycles. The van der Waals surface area contributed by atoms with Crippen LogP contribution in [0.2, 0.25) is 0 Å². The van der Waals surface area contributed by atoms with Gasteiger partial charge in [0.1, 0.15) is 0 Å². The molecule has 0 radical (unpaired) electrons. The fourth-order valence-electron chi connectivity index (χ4n) is 1.39. The van der Waals surface area contributed by atoms with Gasteiger partial charge in [-0.05, 0) is 0 Å². The SMILES string of the molecule is Cl.Cl.[CH2]=[Ru][P](c1ccccc1)c1ccccc1. The van der Waals surface area contributed by atoms with Gasteiger partial charge < -0.3 is 0 Å². The Kier molecular flexibility index (Phi) is 8.92. The molecule has 0 saturated carbocycles. The average molecular weight is 373 g/mol. The zero-order valence-corrected chi connectivity index (χ0v) is 13.4. The van der Waals surface area contributed by atoms with Crippen LogP contribution in [0.15, 0.2) is 60.7 Å². The molecule has 0 heterocycles. The van der Waals surface area contributed by atoms with E-state index in [1.54, 1.807) is 0 Å². The maximum atomic E-state index is 4.16. The van der Waals surface area contributed by atoms with Crippen molar-refractivity contribution in [2.75, 3.05) is 0 Å². The third-order valence-corrected chi connectivity index (χ3v) is 8.11. The van der Waals surface area contributed by atoms with Crippen LogP contribution in [0.3, 0.4) is 0 Å². The second kappa shape index (κ2) is 8.95. The fourth-order valence-corrected chi connectivity index (χ4v) is 6.26. The molecule has 2 rings (SSSR count). The van der Waals surface area contributed by atoms with E-state index in [2.05, 4.69) is 65.8 Å². The molecule has 0 aromatic heterocycles. The van der Waals surface area contributed by atoms with Gasteiger partial charge in [-0.15, -0.1) is 24.8 Å². The quantitative estimate of drug-likeness (QED) is 0.572. The monoisotopic (exact) mass is 373 g/mol. The minimum absolute atomic E-state index is 0. The summed E-state index contributed by atoms with van der Waals surface area (Å²) >= 11 is 0.174. The Bertz CT molecular complexity index is 394. The molecule has 0 nitrogen and oxygen atoms in total. The van der Waals surface area contributed by atoms with Gasteiger partial charge in [-0.3, -0.25) is 0 Å². The Morgan fingerprint density at radius 1 is 0.706 bits per heavy atom. The first-order valence-corrected chi connectivity index (χ1v) is 9.45. The van der Waals surface area contributed by atoms with Crippen LogP contribution in [0, 0.1) is 0 Å². The van der Waals surface area contributed by atoms with Crippen molar-refractivity contribution in [3.8, 4) is 0 Å². The Hall–Kier alpha value is -0.0566. The summed E-state index contributed by atoms with van der Waals surface area (Å²) in [6, 6.07) is 21.5. The molecule has 0 spiro atoms. The second-order valence-electron chi connectivity index (χ2n) is 3.05. The number of rotatable bonds is 3. The summed E-state index contributed by atoms with van der Waals surface area (Å²) in [7, 11) is 0. The van der Waals surface area contributed by atoms with Crippen molar-refractivity contribution in [2.45, 2.75) is 0 Å². The van der Waals surface area contributed by atoms with E-state index in [9.17, 15) is 0 Å². The van der Waals surface area contributed by atoms with E-state index < -0.39 is 0 Å². The standard InChI is InChI=1S/C12H10P.CH2.2ClH.Ru/c1-3-7-11(8-4-1)13-12-9-5-2-6-10-12;;;;/h1-10H;1H2;2*1H;/q-1;;;;+1. The number of benzene rings is 2. The zero-order chi connectivity index (χ0) is 10.5. The molecular formula is C13H14Cl2PRu. The van der Waals surface area contributed by atoms with E-state index >= 15 is 0 Å². The third kappa shape index (κ3) is 4.61. The first-order chi connectivity index (χ1) is 7.42. The molecule has 0 bridgehead atoms. The van der Waals surface area contributed by atoms with E-state index in [0.29, 0.717) is 0 Å². The second-order valence-corrected chi connectivity index (χ2v) is 8.83. The van der Waals surface area contributed by atoms with Crippen molar-refractivity contribution < 1.29 is 16.2 Å². The van der Waals surface area contributed by atoms with Crippen molar-refractivity contribution in [3.63, 3.8) is 0 Å². The molecule has 2 aromatic carbocycles. The molecule has 0 amide bonds. The topological polar surface area (TPSA) is 0 Å². The van der Waals surface area contributed by atoms with Crippen molar-refractivity contribution in [3.05, 3.63) is 60.7 Å². The van der Waals surface area contributed by atoms with Gasteiger partial charge in [-0.2, -0.15) is 0 Å². The molecule has 2 aromatic rings. The van der Waals surface area contributed by atoms with Crippen molar-refractivity contribution in [1.82, 2.24) is 0 Å². The van der Waals surface area contributed by atoms with Gasteiger partial charge in [0.25, 0.3) is 0 Å². The Morgan fingerprint density at radius 3 is 1.35 bits per heavy atom. The summed E-state index contributed by atoms with van der Waals surface area (Å²) in [4.78, 5) is 0. The molecule has 0 N–H and O–H groups in total. The van der Waals surface area contributed by atoms with Gasteiger partial charge in [-0.1, -0.05) is 0 Å². The normalized spacial score (nSPS) is 9.24. The van der Waals surface area contributed by atoms with Crippen molar-refractivity contribution >= 4 is 46.8 Å². The summed E-state index contributed by atoms with van der Waals surface area (Å²) < 4.78 is 0. The first-order valence-electron chi connectivity index (χ1n) is 4.68. The third-order valence-electron chi connectivity index (χ3n) is 2.06. The van der Waals surface area contributed by atoms with Gasteiger partial charge >= 0.3 is 98.8 Å². The summed E-state index contributed by atoms with van der Waals surface area (Å²) in [5.74, 6) is 0. The van der Waals surface area contributed by atoms with E-state index in [-0.39, 0.29) is 47.3 Å². The average Bonchev–Trinajstić information content (AvgIpc) is 2.33. The molecule has 17 heavy (non-hydrogen) atoms. The van der Waals surface area contributed by atoms with Crippen LogP contribution < -0.4 is 10.6 Å². The van der Waals surface area contributed by atoms with Gasteiger partial charge in [0, 0.05) is 0 Å². The van der Waals surface area contributed by atoms with Crippen molar-refractivity contribution in [2.24, 2.45) is 0 Å². The van der Waals surface area contributed by atoms with E-state index in [1.165, 1.54) is 10.6 Å².